The molecule has 0 radical (unpaired) electrons. The smallest absolute Gasteiger partial charge is 0.220 e. The predicted octanol–water partition coefficient (Wildman–Crippen LogP) is 2.40. The van der Waals surface area contributed by atoms with Gasteiger partial charge in [0.05, 0.1) is 17.6 Å². The van der Waals surface area contributed by atoms with Crippen LogP contribution in [0.4, 0.5) is 0 Å². The summed E-state index contributed by atoms with van der Waals surface area (Å²) >= 11 is 0. The van der Waals surface area contributed by atoms with Gasteiger partial charge in [0.15, 0.2) is 0 Å². The van der Waals surface area contributed by atoms with Crippen molar-refractivity contribution in [3.8, 4) is 0 Å². The van der Waals surface area contributed by atoms with Crippen LogP contribution in [0.1, 0.15) is 38.1 Å². The molecule has 1 aromatic carbocycles. The topological polar surface area (TPSA) is 46.9 Å². The number of imidazole rings is 1. The lowest BCUT2D eigenvalue weighted by molar-refractivity contribution is -0.120. The predicted molar refractivity (Wildman–Crippen MR) is 70.1 cm³/mol. The van der Waals surface area contributed by atoms with E-state index in [1.807, 2.05) is 25.1 Å². The number of nitrogens with zero attached hydrogens (tertiary/aromatic N) is 2. The second-order valence-electron chi connectivity index (χ2n) is 4.75. The summed E-state index contributed by atoms with van der Waals surface area (Å²) in [5.74, 6) is 1.05. The fraction of sp³-hybridized carbons (Fsp3) is 0.429. The Bertz CT molecular complexity index is 584. The van der Waals surface area contributed by atoms with E-state index >= 15 is 0 Å². The van der Waals surface area contributed by atoms with Crippen molar-refractivity contribution in [3.63, 3.8) is 0 Å². The number of para-hydroxylation sites is 2. The van der Waals surface area contributed by atoms with E-state index in [0.717, 1.165) is 11.3 Å². The summed E-state index contributed by atoms with van der Waals surface area (Å²) < 4.78 is 2.28. The van der Waals surface area contributed by atoms with Crippen molar-refractivity contribution in [1.82, 2.24) is 14.9 Å². The Labute approximate surface area is 106 Å². The minimum Gasteiger partial charge on any atom is -0.349 e. The molecule has 1 N–H and O–H groups in total. The standard InChI is InChI=1S/C14H17N3O/c1-2-14(18)15-9-13-16-11-5-3-4-6-12(11)17(13)10-7-8-10/h3-6,10H,2,7-9H2,1H3,(H,15,18). The highest BCUT2D eigenvalue weighted by Crippen LogP contribution is 2.38. The molecule has 3 rings (SSSR count). The zero-order valence-corrected chi connectivity index (χ0v) is 10.5. The molecule has 0 saturated heterocycles. The van der Waals surface area contributed by atoms with Gasteiger partial charge in [0, 0.05) is 12.5 Å². The average Bonchev–Trinajstić information content (AvgIpc) is 3.16. The molecule has 18 heavy (non-hydrogen) atoms. The molecule has 0 spiro atoms. The van der Waals surface area contributed by atoms with E-state index in [9.17, 15) is 4.79 Å². The van der Waals surface area contributed by atoms with Gasteiger partial charge in [-0.3, -0.25) is 4.79 Å². The second kappa shape index (κ2) is 4.44. The van der Waals surface area contributed by atoms with E-state index in [0.29, 0.717) is 19.0 Å². The molecule has 1 aromatic heterocycles. The molecule has 1 amide bonds. The van der Waals surface area contributed by atoms with Gasteiger partial charge in [-0.2, -0.15) is 0 Å². The third-order valence-electron chi connectivity index (χ3n) is 3.35. The molecule has 4 heteroatoms. The molecule has 0 aliphatic heterocycles. The van der Waals surface area contributed by atoms with E-state index in [-0.39, 0.29) is 5.91 Å². The summed E-state index contributed by atoms with van der Waals surface area (Å²) in [6.07, 6.45) is 2.95. The lowest BCUT2D eigenvalue weighted by Gasteiger charge is -2.08. The summed E-state index contributed by atoms with van der Waals surface area (Å²) in [4.78, 5) is 16.0. The van der Waals surface area contributed by atoms with Gasteiger partial charge < -0.3 is 9.88 Å². The second-order valence-corrected chi connectivity index (χ2v) is 4.75. The zero-order chi connectivity index (χ0) is 12.5. The maximum Gasteiger partial charge on any atom is 0.220 e. The van der Waals surface area contributed by atoms with E-state index < -0.39 is 0 Å². The van der Waals surface area contributed by atoms with Crippen LogP contribution in [0.25, 0.3) is 11.0 Å². The highest BCUT2D eigenvalue weighted by molar-refractivity contribution is 5.77. The summed E-state index contributed by atoms with van der Waals surface area (Å²) in [6.45, 7) is 2.39. The zero-order valence-electron chi connectivity index (χ0n) is 10.5. The first-order valence-electron chi connectivity index (χ1n) is 6.52. The molecule has 1 fully saturated rings. The minimum absolute atomic E-state index is 0.0735. The molecule has 1 aliphatic rings. The number of carbonyl (C=O) groups excluding carboxylic acids is 1. The fourth-order valence-electron chi connectivity index (χ4n) is 2.26. The van der Waals surface area contributed by atoms with Crippen LogP contribution in [-0.4, -0.2) is 15.5 Å². The van der Waals surface area contributed by atoms with E-state index in [1.165, 1.54) is 18.4 Å². The number of nitrogens with one attached hydrogen (secondary N) is 1. The number of benzene rings is 1. The maximum atomic E-state index is 11.3. The molecule has 0 unspecified atom stereocenters. The van der Waals surface area contributed by atoms with E-state index in [1.54, 1.807) is 0 Å². The van der Waals surface area contributed by atoms with Gasteiger partial charge in [0.2, 0.25) is 5.91 Å². The Morgan fingerprint density at radius 2 is 2.22 bits per heavy atom. The molecule has 4 nitrogen and oxygen atoms in total. The molecular weight excluding hydrogens is 226 g/mol. The van der Waals surface area contributed by atoms with Gasteiger partial charge in [0.1, 0.15) is 5.82 Å². The minimum atomic E-state index is 0.0735. The van der Waals surface area contributed by atoms with Crippen LogP contribution in [0.3, 0.4) is 0 Å². The molecule has 2 aromatic rings. The van der Waals surface area contributed by atoms with Gasteiger partial charge >= 0.3 is 0 Å². The van der Waals surface area contributed by atoms with Crippen LogP contribution in [-0.2, 0) is 11.3 Å². The quantitative estimate of drug-likeness (QED) is 0.896. The van der Waals surface area contributed by atoms with Crippen molar-refractivity contribution >= 4 is 16.9 Å². The molecule has 1 saturated carbocycles. The first-order valence-corrected chi connectivity index (χ1v) is 6.52. The number of hydrogen-bond donors (Lipinski definition) is 1. The third kappa shape index (κ3) is 1.98. The summed E-state index contributed by atoms with van der Waals surface area (Å²) in [7, 11) is 0. The lowest BCUT2D eigenvalue weighted by Crippen LogP contribution is -2.23. The number of aromatic nitrogens is 2. The summed E-state index contributed by atoms with van der Waals surface area (Å²) in [5, 5.41) is 2.91. The number of hydrogen-bond acceptors (Lipinski definition) is 2. The van der Waals surface area contributed by atoms with E-state index in [2.05, 4.69) is 20.9 Å². The maximum absolute atomic E-state index is 11.3. The first kappa shape index (κ1) is 11.3. The largest absolute Gasteiger partial charge is 0.349 e. The Morgan fingerprint density at radius 3 is 2.94 bits per heavy atom. The molecule has 1 aliphatic carbocycles. The van der Waals surface area contributed by atoms with Crippen LogP contribution in [0.2, 0.25) is 0 Å². The third-order valence-corrected chi connectivity index (χ3v) is 3.35. The van der Waals surface area contributed by atoms with Crippen LogP contribution in [0.5, 0.6) is 0 Å². The van der Waals surface area contributed by atoms with Gasteiger partial charge in [-0.25, -0.2) is 4.98 Å². The normalized spacial score (nSPS) is 14.9. The average molecular weight is 243 g/mol. The van der Waals surface area contributed by atoms with Crippen LogP contribution >= 0.6 is 0 Å². The van der Waals surface area contributed by atoms with Gasteiger partial charge in [-0.1, -0.05) is 19.1 Å². The number of fused-ring (bicyclic) bond motifs is 1. The van der Waals surface area contributed by atoms with Crippen molar-refractivity contribution < 1.29 is 4.79 Å². The van der Waals surface area contributed by atoms with Crippen molar-refractivity contribution in [2.24, 2.45) is 0 Å². The Morgan fingerprint density at radius 1 is 1.44 bits per heavy atom. The lowest BCUT2D eigenvalue weighted by atomic mass is 10.3. The first-order chi connectivity index (χ1) is 8.79. The van der Waals surface area contributed by atoms with Gasteiger partial charge in [0.25, 0.3) is 0 Å². The molecular formula is C14H17N3O. The summed E-state index contributed by atoms with van der Waals surface area (Å²) in [5.41, 5.74) is 2.20. The molecule has 94 valence electrons. The van der Waals surface area contributed by atoms with E-state index in [4.69, 9.17) is 0 Å². The van der Waals surface area contributed by atoms with Crippen LogP contribution < -0.4 is 5.32 Å². The van der Waals surface area contributed by atoms with Gasteiger partial charge in [-0.15, -0.1) is 0 Å². The Kier molecular flexibility index (Phi) is 2.78. The Balaban J connectivity index is 1.94. The van der Waals surface area contributed by atoms with Crippen molar-refractivity contribution in [2.75, 3.05) is 0 Å². The van der Waals surface area contributed by atoms with Gasteiger partial charge in [-0.05, 0) is 25.0 Å². The highest BCUT2D eigenvalue weighted by atomic mass is 16.1. The van der Waals surface area contributed by atoms with Crippen LogP contribution in [0, 0.1) is 0 Å². The number of carbonyl (C=O) groups is 1. The van der Waals surface area contributed by atoms with Crippen molar-refractivity contribution in [3.05, 3.63) is 30.1 Å². The molecule has 0 bridgehead atoms. The fourth-order valence-corrected chi connectivity index (χ4v) is 2.26. The number of rotatable bonds is 4. The number of amides is 1. The Hall–Kier alpha value is -1.84. The van der Waals surface area contributed by atoms with Crippen molar-refractivity contribution in [2.45, 2.75) is 38.8 Å². The molecule has 1 heterocycles. The van der Waals surface area contributed by atoms with Crippen molar-refractivity contribution in [1.29, 1.82) is 0 Å². The molecule has 0 atom stereocenters. The van der Waals surface area contributed by atoms with Crippen LogP contribution in [0.15, 0.2) is 24.3 Å². The monoisotopic (exact) mass is 243 g/mol. The highest BCUT2D eigenvalue weighted by Gasteiger charge is 2.27. The summed E-state index contributed by atoms with van der Waals surface area (Å²) in [6, 6.07) is 8.74. The SMILES string of the molecule is CCC(=O)NCc1nc2ccccc2n1C1CC1.